The van der Waals surface area contributed by atoms with Crippen LogP contribution in [-0.2, 0) is 13.2 Å². The smallest absolute Gasteiger partial charge is 0.256 e. The number of aromatic nitrogens is 2. The quantitative estimate of drug-likeness (QED) is 0.285. The summed E-state index contributed by atoms with van der Waals surface area (Å²) in [7, 11) is 0. The SMILES string of the molecule is O=C(Nc1ccn(Cc2cccc(Cl)c2)n1)c1ccc(COc2ccc(Br)cc2Cl)cc1. The normalized spacial score (nSPS) is 10.7. The van der Waals surface area contributed by atoms with Gasteiger partial charge in [0.25, 0.3) is 5.91 Å². The monoisotopic (exact) mass is 529 g/mol. The van der Waals surface area contributed by atoms with E-state index in [1.807, 2.05) is 48.7 Å². The van der Waals surface area contributed by atoms with E-state index in [0.29, 0.717) is 40.3 Å². The van der Waals surface area contributed by atoms with Gasteiger partial charge in [-0.2, -0.15) is 5.10 Å². The molecule has 162 valence electrons. The number of hydrogen-bond acceptors (Lipinski definition) is 3. The molecule has 0 aliphatic carbocycles. The van der Waals surface area contributed by atoms with E-state index in [1.165, 1.54) is 0 Å². The lowest BCUT2D eigenvalue weighted by molar-refractivity contribution is 0.102. The Hall–Kier alpha value is -2.80. The molecule has 4 rings (SSSR count). The molecule has 3 aromatic carbocycles. The molecule has 0 fully saturated rings. The summed E-state index contributed by atoms with van der Waals surface area (Å²) in [4.78, 5) is 12.6. The summed E-state index contributed by atoms with van der Waals surface area (Å²) in [6.07, 6.45) is 1.81. The van der Waals surface area contributed by atoms with Gasteiger partial charge in [-0.1, -0.05) is 63.4 Å². The summed E-state index contributed by atoms with van der Waals surface area (Å²) in [5.41, 5.74) is 2.48. The van der Waals surface area contributed by atoms with Gasteiger partial charge in [0.1, 0.15) is 12.4 Å². The van der Waals surface area contributed by atoms with Crippen molar-refractivity contribution in [1.82, 2.24) is 9.78 Å². The predicted molar refractivity (Wildman–Crippen MR) is 131 cm³/mol. The summed E-state index contributed by atoms with van der Waals surface area (Å²) >= 11 is 15.6. The largest absolute Gasteiger partial charge is 0.487 e. The molecule has 32 heavy (non-hydrogen) atoms. The van der Waals surface area contributed by atoms with E-state index in [-0.39, 0.29) is 5.91 Å². The van der Waals surface area contributed by atoms with Crippen LogP contribution in [0.25, 0.3) is 0 Å². The average Bonchev–Trinajstić information content (AvgIpc) is 3.20. The van der Waals surface area contributed by atoms with Gasteiger partial charge in [-0.3, -0.25) is 9.48 Å². The molecule has 0 unspecified atom stereocenters. The summed E-state index contributed by atoms with van der Waals surface area (Å²) in [6.45, 7) is 0.907. The first kappa shape index (κ1) is 22.4. The molecule has 0 spiro atoms. The third-order valence-corrected chi connectivity index (χ3v) is 5.64. The fourth-order valence-electron chi connectivity index (χ4n) is 3.03. The Labute approximate surface area is 204 Å². The fraction of sp³-hybridized carbons (Fsp3) is 0.0833. The van der Waals surface area contributed by atoms with Gasteiger partial charge in [0.15, 0.2) is 5.82 Å². The number of halogens is 3. The Bertz CT molecular complexity index is 1240. The van der Waals surface area contributed by atoms with Crippen molar-refractivity contribution in [2.24, 2.45) is 0 Å². The lowest BCUT2D eigenvalue weighted by Gasteiger charge is -2.09. The number of benzene rings is 3. The number of amides is 1. The first-order valence-electron chi connectivity index (χ1n) is 9.72. The van der Waals surface area contributed by atoms with Crippen LogP contribution in [-0.4, -0.2) is 15.7 Å². The van der Waals surface area contributed by atoms with Crippen LogP contribution in [0, 0.1) is 0 Å². The Morgan fingerprint density at radius 3 is 2.56 bits per heavy atom. The number of carbonyl (C=O) groups excluding carboxylic acids is 1. The van der Waals surface area contributed by atoms with Crippen LogP contribution >= 0.6 is 39.1 Å². The van der Waals surface area contributed by atoms with Crippen LogP contribution in [0.4, 0.5) is 5.82 Å². The molecular formula is C24H18BrCl2N3O2. The van der Waals surface area contributed by atoms with Crippen molar-refractivity contribution in [3.05, 3.63) is 110 Å². The van der Waals surface area contributed by atoms with E-state index in [2.05, 4.69) is 26.3 Å². The van der Waals surface area contributed by atoms with Gasteiger partial charge in [0, 0.05) is 27.3 Å². The van der Waals surface area contributed by atoms with E-state index in [1.54, 1.807) is 35.0 Å². The Morgan fingerprint density at radius 1 is 1.00 bits per heavy atom. The van der Waals surface area contributed by atoms with E-state index in [4.69, 9.17) is 27.9 Å². The highest BCUT2D eigenvalue weighted by molar-refractivity contribution is 9.10. The Balaban J connectivity index is 1.33. The maximum atomic E-state index is 12.6. The molecule has 1 aromatic heterocycles. The fourth-order valence-corrected chi connectivity index (χ4v) is 3.97. The zero-order valence-corrected chi connectivity index (χ0v) is 19.9. The van der Waals surface area contributed by atoms with Gasteiger partial charge < -0.3 is 10.1 Å². The number of nitrogens with zero attached hydrogens (tertiary/aromatic N) is 2. The van der Waals surface area contributed by atoms with Crippen molar-refractivity contribution in [3.63, 3.8) is 0 Å². The molecule has 0 bridgehead atoms. The number of ether oxygens (including phenoxy) is 1. The number of rotatable bonds is 7. The third-order valence-electron chi connectivity index (χ3n) is 4.62. The van der Waals surface area contributed by atoms with Gasteiger partial charge in [-0.25, -0.2) is 0 Å². The van der Waals surface area contributed by atoms with Crippen LogP contribution in [0.5, 0.6) is 5.75 Å². The van der Waals surface area contributed by atoms with Gasteiger partial charge in [-0.05, 0) is 53.6 Å². The van der Waals surface area contributed by atoms with Crippen molar-refractivity contribution in [2.75, 3.05) is 5.32 Å². The van der Waals surface area contributed by atoms with Crippen LogP contribution in [0.2, 0.25) is 10.0 Å². The zero-order chi connectivity index (χ0) is 22.5. The van der Waals surface area contributed by atoms with Crippen molar-refractivity contribution < 1.29 is 9.53 Å². The summed E-state index contributed by atoms with van der Waals surface area (Å²) in [6, 6.07) is 22.0. The van der Waals surface area contributed by atoms with Crippen molar-refractivity contribution in [1.29, 1.82) is 0 Å². The van der Waals surface area contributed by atoms with E-state index in [9.17, 15) is 4.79 Å². The standard InChI is InChI=1S/C24H18BrCl2N3O2/c25-19-8-9-22(21(27)13-19)32-15-16-4-6-18(7-5-16)24(31)28-23-10-11-30(29-23)14-17-2-1-3-20(26)12-17/h1-13H,14-15H2,(H,28,29,31). The van der Waals surface area contributed by atoms with Gasteiger partial charge in [-0.15, -0.1) is 0 Å². The minimum atomic E-state index is -0.235. The highest BCUT2D eigenvalue weighted by atomic mass is 79.9. The lowest BCUT2D eigenvalue weighted by Crippen LogP contribution is -2.13. The molecule has 1 heterocycles. The number of nitrogens with one attached hydrogen (secondary N) is 1. The Kier molecular flexibility index (Phi) is 7.15. The average molecular weight is 531 g/mol. The highest BCUT2D eigenvalue weighted by Gasteiger charge is 2.09. The molecule has 0 saturated carbocycles. The second-order valence-electron chi connectivity index (χ2n) is 7.04. The maximum absolute atomic E-state index is 12.6. The van der Waals surface area contributed by atoms with E-state index < -0.39 is 0 Å². The topological polar surface area (TPSA) is 56.2 Å². The molecular weight excluding hydrogens is 513 g/mol. The summed E-state index contributed by atoms with van der Waals surface area (Å²) in [5, 5.41) is 8.43. The van der Waals surface area contributed by atoms with Gasteiger partial charge >= 0.3 is 0 Å². The number of hydrogen-bond donors (Lipinski definition) is 1. The van der Waals surface area contributed by atoms with Crippen molar-refractivity contribution in [2.45, 2.75) is 13.2 Å². The van der Waals surface area contributed by atoms with E-state index in [0.717, 1.165) is 15.6 Å². The second-order valence-corrected chi connectivity index (χ2v) is 8.80. The first-order chi connectivity index (χ1) is 15.5. The van der Waals surface area contributed by atoms with Crippen LogP contribution < -0.4 is 10.1 Å². The predicted octanol–water partition coefficient (Wildman–Crippen LogP) is 6.83. The minimum absolute atomic E-state index is 0.235. The first-order valence-corrected chi connectivity index (χ1v) is 11.3. The molecule has 0 atom stereocenters. The molecule has 1 amide bonds. The van der Waals surface area contributed by atoms with Gasteiger partial charge in [0.2, 0.25) is 0 Å². The number of anilines is 1. The lowest BCUT2D eigenvalue weighted by atomic mass is 10.1. The summed E-state index contributed by atoms with van der Waals surface area (Å²) < 4.78 is 8.39. The maximum Gasteiger partial charge on any atom is 0.256 e. The number of carbonyl (C=O) groups is 1. The van der Waals surface area contributed by atoms with Crippen molar-refractivity contribution >= 4 is 50.9 Å². The van der Waals surface area contributed by atoms with Crippen LogP contribution in [0.1, 0.15) is 21.5 Å². The minimum Gasteiger partial charge on any atom is -0.487 e. The van der Waals surface area contributed by atoms with E-state index >= 15 is 0 Å². The summed E-state index contributed by atoms with van der Waals surface area (Å²) in [5.74, 6) is 0.848. The molecule has 4 aromatic rings. The van der Waals surface area contributed by atoms with Crippen molar-refractivity contribution in [3.8, 4) is 5.75 Å². The van der Waals surface area contributed by atoms with Crippen LogP contribution in [0.3, 0.4) is 0 Å². The molecule has 0 radical (unpaired) electrons. The Morgan fingerprint density at radius 2 is 1.81 bits per heavy atom. The van der Waals surface area contributed by atoms with Crippen LogP contribution in [0.15, 0.2) is 83.5 Å². The van der Waals surface area contributed by atoms with Gasteiger partial charge in [0.05, 0.1) is 11.6 Å². The molecule has 0 aliphatic heterocycles. The molecule has 1 N–H and O–H groups in total. The molecule has 5 nitrogen and oxygen atoms in total. The molecule has 8 heteroatoms. The second kappa shape index (κ2) is 10.2. The third kappa shape index (κ3) is 5.91. The molecule has 0 saturated heterocycles. The zero-order valence-electron chi connectivity index (χ0n) is 16.8. The molecule has 0 aliphatic rings. The highest BCUT2D eigenvalue weighted by Crippen LogP contribution is 2.28.